The smallest absolute Gasteiger partial charge is 0.214 e. The molecule has 1 aromatic rings. The van der Waals surface area contributed by atoms with Crippen molar-refractivity contribution in [3.63, 3.8) is 0 Å². The van der Waals surface area contributed by atoms with Gasteiger partial charge in [0.25, 0.3) is 0 Å². The first kappa shape index (κ1) is 11.2. The zero-order valence-corrected chi connectivity index (χ0v) is 10.4. The molecule has 92 valence electrons. The molecule has 0 atom stereocenters. The van der Waals surface area contributed by atoms with E-state index >= 15 is 0 Å². The van der Waals surface area contributed by atoms with Crippen molar-refractivity contribution in [3.05, 3.63) is 34.9 Å². The molecule has 0 bridgehead atoms. The Morgan fingerprint density at radius 3 is 2.76 bits per heavy atom. The highest BCUT2D eigenvalue weighted by Crippen LogP contribution is 2.27. The number of hydrogen-bond donors (Lipinski definition) is 2. The van der Waals surface area contributed by atoms with Crippen molar-refractivity contribution in [2.45, 2.75) is 37.7 Å². The average Bonchev–Trinajstić information content (AvgIpc) is 3.07. The molecule has 0 saturated heterocycles. The fraction of sp³-hybridized carbons (Fsp3) is 0.500. The van der Waals surface area contributed by atoms with Crippen LogP contribution in [0.1, 0.15) is 29.5 Å². The predicted octanol–water partition coefficient (Wildman–Crippen LogP) is 0.872. The zero-order chi connectivity index (χ0) is 11.9. The second kappa shape index (κ2) is 4.08. The third-order valence-electron chi connectivity index (χ3n) is 3.34. The number of rotatable bonds is 4. The zero-order valence-electron chi connectivity index (χ0n) is 9.57. The SMILES string of the molecule is O=S(=O)(NCc1ccc2c(c1)CNC2)C1CC1. The first-order valence-electron chi connectivity index (χ1n) is 5.95. The minimum atomic E-state index is -3.06. The van der Waals surface area contributed by atoms with Gasteiger partial charge in [0.15, 0.2) is 0 Å². The second-order valence-corrected chi connectivity index (χ2v) is 6.82. The van der Waals surface area contributed by atoms with Crippen LogP contribution < -0.4 is 10.0 Å². The van der Waals surface area contributed by atoms with E-state index < -0.39 is 10.0 Å². The summed E-state index contributed by atoms with van der Waals surface area (Å²) in [5, 5.41) is 3.14. The van der Waals surface area contributed by atoms with Crippen molar-refractivity contribution in [2.75, 3.05) is 0 Å². The first-order chi connectivity index (χ1) is 8.15. The fourth-order valence-electron chi connectivity index (χ4n) is 2.14. The van der Waals surface area contributed by atoms with E-state index in [2.05, 4.69) is 22.2 Å². The number of benzene rings is 1. The summed E-state index contributed by atoms with van der Waals surface area (Å²) in [7, 11) is -3.06. The maximum atomic E-state index is 11.7. The van der Waals surface area contributed by atoms with Crippen LogP contribution in [0.5, 0.6) is 0 Å². The van der Waals surface area contributed by atoms with E-state index in [1.807, 2.05) is 6.07 Å². The number of fused-ring (bicyclic) bond motifs is 1. The van der Waals surface area contributed by atoms with Crippen molar-refractivity contribution in [2.24, 2.45) is 0 Å². The second-order valence-electron chi connectivity index (χ2n) is 4.77. The summed E-state index contributed by atoms with van der Waals surface area (Å²) in [6.45, 7) is 2.22. The highest BCUT2D eigenvalue weighted by molar-refractivity contribution is 7.90. The summed E-state index contributed by atoms with van der Waals surface area (Å²) < 4.78 is 26.0. The summed E-state index contributed by atoms with van der Waals surface area (Å²) >= 11 is 0. The molecule has 17 heavy (non-hydrogen) atoms. The Hall–Kier alpha value is -0.910. The molecule has 1 aliphatic carbocycles. The Balaban J connectivity index is 1.69. The van der Waals surface area contributed by atoms with Crippen molar-refractivity contribution in [3.8, 4) is 0 Å². The van der Waals surface area contributed by atoms with E-state index in [0.717, 1.165) is 31.5 Å². The van der Waals surface area contributed by atoms with Gasteiger partial charge in [-0.15, -0.1) is 0 Å². The van der Waals surface area contributed by atoms with E-state index in [1.54, 1.807) is 0 Å². The summed E-state index contributed by atoms with van der Waals surface area (Å²) in [4.78, 5) is 0. The van der Waals surface area contributed by atoms with Crippen LogP contribution in [-0.2, 0) is 29.7 Å². The molecule has 2 N–H and O–H groups in total. The monoisotopic (exact) mass is 252 g/mol. The van der Waals surface area contributed by atoms with Crippen LogP contribution in [0.2, 0.25) is 0 Å². The fourth-order valence-corrected chi connectivity index (χ4v) is 3.50. The van der Waals surface area contributed by atoms with Crippen molar-refractivity contribution < 1.29 is 8.42 Å². The number of nitrogens with one attached hydrogen (secondary N) is 2. The van der Waals surface area contributed by atoms with Crippen molar-refractivity contribution in [1.82, 2.24) is 10.0 Å². The summed E-state index contributed by atoms with van der Waals surface area (Å²) in [5.74, 6) is 0. The van der Waals surface area contributed by atoms with Gasteiger partial charge in [0, 0.05) is 19.6 Å². The van der Waals surface area contributed by atoms with E-state index in [4.69, 9.17) is 0 Å². The van der Waals surface area contributed by atoms with Crippen LogP contribution in [0, 0.1) is 0 Å². The minimum absolute atomic E-state index is 0.140. The molecule has 1 fully saturated rings. The normalized spacial score (nSPS) is 19.3. The van der Waals surface area contributed by atoms with Gasteiger partial charge >= 0.3 is 0 Å². The van der Waals surface area contributed by atoms with Crippen molar-refractivity contribution in [1.29, 1.82) is 0 Å². The van der Waals surface area contributed by atoms with Gasteiger partial charge in [-0.3, -0.25) is 0 Å². The lowest BCUT2D eigenvalue weighted by molar-refractivity contribution is 0.580. The van der Waals surface area contributed by atoms with Gasteiger partial charge in [0.1, 0.15) is 0 Å². The third kappa shape index (κ3) is 2.36. The quantitative estimate of drug-likeness (QED) is 0.836. The van der Waals surface area contributed by atoms with E-state index in [9.17, 15) is 8.42 Å². The number of hydrogen-bond acceptors (Lipinski definition) is 3. The molecule has 5 heteroatoms. The van der Waals surface area contributed by atoms with Gasteiger partial charge in [-0.2, -0.15) is 0 Å². The Kier molecular flexibility index (Phi) is 2.69. The van der Waals surface area contributed by atoms with Crippen LogP contribution in [0.3, 0.4) is 0 Å². The maximum Gasteiger partial charge on any atom is 0.214 e. The summed E-state index contributed by atoms with van der Waals surface area (Å²) in [5.41, 5.74) is 3.64. The van der Waals surface area contributed by atoms with Crippen LogP contribution in [0.15, 0.2) is 18.2 Å². The van der Waals surface area contributed by atoms with Crippen molar-refractivity contribution >= 4 is 10.0 Å². The maximum absolute atomic E-state index is 11.7. The Labute approximate surface area is 101 Å². The molecule has 0 radical (unpaired) electrons. The molecule has 1 saturated carbocycles. The van der Waals surface area contributed by atoms with Crippen LogP contribution in [0.25, 0.3) is 0 Å². The Morgan fingerprint density at radius 1 is 1.24 bits per heavy atom. The Bertz CT molecular complexity index is 535. The molecule has 0 spiro atoms. The predicted molar refractivity (Wildman–Crippen MR) is 65.8 cm³/mol. The van der Waals surface area contributed by atoms with Gasteiger partial charge in [0.05, 0.1) is 5.25 Å². The molecule has 3 rings (SSSR count). The standard InChI is InChI=1S/C12H16N2O2S/c15-17(16,12-3-4-12)14-6-9-1-2-10-7-13-8-11(10)5-9/h1-2,5,12-14H,3-4,6-8H2. The van der Waals surface area contributed by atoms with E-state index in [-0.39, 0.29) is 5.25 Å². The molecule has 1 aromatic carbocycles. The van der Waals surface area contributed by atoms with Gasteiger partial charge < -0.3 is 5.32 Å². The largest absolute Gasteiger partial charge is 0.309 e. The van der Waals surface area contributed by atoms with Crippen LogP contribution in [0.4, 0.5) is 0 Å². The van der Waals surface area contributed by atoms with E-state index in [1.165, 1.54) is 11.1 Å². The Morgan fingerprint density at radius 2 is 2.00 bits per heavy atom. The van der Waals surface area contributed by atoms with Gasteiger partial charge in [-0.25, -0.2) is 13.1 Å². The van der Waals surface area contributed by atoms with Gasteiger partial charge in [-0.1, -0.05) is 18.2 Å². The molecule has 0 aromatic heterocycles. The molecule has 4 nitrogen and oxygen atoms in total. The average molecular weight is 252 g/mol. The molecular weight excluding hydrogens is 236 g/mol. The highest BCUT2D eigenvalue weighted by atomic mass is 32.2. The molecule has 1 heterocycles. The van der Waals surface area contributed by atoms with E-state index in [0.29, 0.717) is 6.54 Å². The summed E-state index contributed by atoms with van der Waals surface area (Å²) in [6, 6.07) is 6.17. The highest BCUT2D eigenvalue weighted by Gasteiger charge is 2.35. The lowest BCUT2D eigenvalue weighted by Crippen LogP contribution is -2.26. The van der Waals surface area contributed by atoms with Gasteiger partial charge in [0.2, 0.25) is 10.0 Å². The lowest BCUT2D eigenvalue weighted by Gasteiger charge is -2.07. The lowest BCUT2D eigenvalue weighted by atomic mass is 10.1. The third-order valence-corrected chi connectivity index (χ3v) is 5.24. The molecule has 1 aliphatic heterocycles. The van der Waals surface area contributed by atoms with Crippen LogP contribution >= 0.6 is 0 Å². The van der Waals surface area contributed by atoms with Crippen LogP contribution in [-0.4, -0.2) is 13.7 Å². The number of sulfonamides is 1. The summed E-state index contributed by atoms with van der Waals surface area (Å²) in [6.07, 6.45) is 1.62. The topological polar surface area (TPSA) is 58.2 Å². The molecule has 0 unspecified atom stereocenters. The molecule has 2 aliphatic rings. The molecular formula is C12H16N2O2S. The van der Waals surface area contributed by atoms with Gasteiger partial charge in [-0.05, 0) is 29.5 Å². The molecule has 0 amide bonds. The first-order valence-corrected chi connectivity index (χ1v) is 7.50. The minimum Gasteiger partial charge on any atom is -0.309 e.